The molecule has 0 atom stereocenters. The number of benzene rings is 1. The first-order chi connectivity index (χ1) is 7.97. The van der Waals surface area contributed by atoms with Crippen LogP contribution in [-0.2, 0) is 10.0 Å². The van der Waals surface area contributed by atoms with Crippen LogP contribution in [0.3, 0.4) is 0 Å². The summed E-state index contributed by atoms with van der Waals surface area (Å²) in [6, 6.07) is 4.89. The Kier molecular flexibility index (Phi) is 3.61. The maximum Gasteiger partial charge on any atom is 0.240 e. The van der Waals surface area contributed by atoms with E-state index in [0.29, 0.717) is 16.8 Å². The molecule has 0 heterocycles. The van der Waals surface area contributed by atoms with Gasteiger partial charge in [0.2, 0.25) is 10.0 Å². The average molecular weight is 275 g/mol. The molecule has 6 heteroatoms. The van der Waals surface area contributed by atoms with Crippen LogP contribution in [0.1, 0.15) is 25.7 Å². The molecule has 0 aliphatic heterocycles. The van der Waals surface area contributed by atoms with E-state index in [1.807, 2.05) is 0 Å². The largest absolute Gasteiger partial charge is 0.381 e. The number of anilines is 1. The third-order valence-corrected chi connectivity index (χ3v) is 4.17. The first kappa shape index (κ1) is 12.7. The predicted octanol–water partition coefficient (Wildman–Crippen LogP) is 2.34. The number of halogens is 1. The molecule has 3 N–H and O–H groups in total. The summed E-state index contributed by atoms with van der Waals surface area (Å²) in [5.74, 6) is 0. The fourth-order valence-electron chi connectivity index (χ4n) is 2.15. The molecular weight excluding hydrogens is 260 g/mol. The van der Waals surface area contributed by atoms with Crippen LogP contribution in [0.25, 0.3) is 0 Å². The summed E-state index contributed by atoms with van der Waals surface area (Å²) in [4.78, 5) is 0.105. The first-order valence-electron chi connectivity index (χ1n) is 5.56. The minimum absolute atomic E-state index is 0.105. The first-order valence-corrected chi connectivity index (χ1v) is 7.48. The van der Waals surface area contributed by atoms with Gasteiger partial charge in [0.1, 0.15) is 4.90 Å². The molecule has 17 heavy (non-hydrogen) atoms. The van der Waals surface area contributed by atoms with Crippen LogP contribution in [0, 0.1) is 0 Å². The lowest BCUT2D eigenvalue weighted by molar-refractivity contribution is 0.598. The Morgan fingerprint density at radius 2 is 1.94 bits per heavy atom. The van der Waals surface area contributed by atoms with Crippen molar-refractivity contribution in [3.63, 3.8) is 0 Å². The van der Waals surface area contributed by atoms with Crippen LogP contribution in [-0.4, -0.2) is 14.5 Å². The van der Waals surface area contributed by atoms with Crippen molar-refractivity contribution in [2.75, 3.05) is 5.32 Å². The summed E-state index contributed by atoms with van der Waals surface area (Å²) >= 11 is 5.88. The van der Waals surface area contributed by atoms with E-state index in [1.54, 1.807) is 6.07 Å². The van der Waals surface area contributed by atoms with Crippen molar-refractivity contribution in [2.45, 2.75) is 36.6 Å². The molecular formula is C11H15ClN2O2S. The van der Waals surface area contributed by atoms with E-state index in [2.05, 4.69) is 5.32 Å². The van der Waals surface area contributed by atoms with Gasteiger partial charge in [0, 0.05) is 11.1 Å². The van der Waals surface area contributed by atoms with Gasteiger partial charge in [0.05, 0.1) is 5.69 Å². The Labute approximate surface area is 106 Å². The van der Waals surface area contributed by atoms with Gasteiger partial charge in [-0.15, -0.1) is 0 Å². The summed E-state index contributed by atoms with van der Waals surface area (Å²) < 4.78 is 22.9. The van der Waals surface area contributed by atoms with Crippen molar-refractivity contribution < 1.29 is 8.42 Å². The lowest BCUT2D eigenvalue weighted by Gasteiger charge is -2.16. The topological polar surface area (TPSA) is 72.2 Å². The van der Waals surface area contributed by atoms with E-state index in [9.17, 15) is 8.42 Å². The number of rotatable bonds is 3. The summed E-state index contributed by atoms with van der Waals surface area (Å²) in [7, 11) is -3.71. The number of nitrogens with one attached hydrogen (secondary N) is 1. The van der Waals surface area contributed by atoms with Gasteiger partial charge in [0.25, 0.3) is 0 Å². The van der Waals surface area contributed by atoms with E-state index in [4.69, 9.17) is 16.7 Å². The third kappa shape index (κ3) is 3.12. The second kappa shape index (κ2) is 4.84. The zero-order valence-electron chi connectivity index (χ0n) is 9.32. The Morgan fingerprint density at radius 3 is 2.53 bits per heavy atom. The van der Waals surface area contributed by atoms with Gasteiger partial charge in [-0.3, -0.25) is 0 Å². The van der Waals surface area contributed by atoms with Crippen LogP contribution in [0.4, 0.5) is 5.69 Å². The van der Waals surface area contributed by atoms with Crippen molar-refractivity contribution >= 4 is 27.3 Å². The predicted molar refractivity (Wildman–Crippen MR) is 68.7 cm³/mol. The van der Waals surface area contributed by atoms with Gasteiger partial charge >= 0.3 is 0 Å². The number of primary sulfonamides is 1. The lowest BCUT2D eigenvalue weighted by Crippen LogP contribution is -2.19. The molecule has 1 aliphatic rings. The molecule has 1 aromatic carbocycles. The van der Waals surface area contributed by atoms with Crippen LogP contribution in [0.5, 0.6) is 0 Å². The third-order valence-electron chi connectivity index (χ3n) is 2.96. The molecule has 1 aromatic rings. The highest BCUT2D eigenvalue weighted by Gasteiger charge is 2.19. The van der Waals surface area contributed by atoms with Crippen LogP contribution >= 0.6 is 11.6 Å². The SMILES string of the molecule is NS(=O)(=O)c1ccc(Cl)cc1NC1CCCC1. The van der Waals surface area contributed by atoms with Crippen LogP contribution in [0.15, 0.2) is 23.1 Å². The molecule has 4 nitrogen and oxygen atoms in total. The van der Waals surface area contributed by atoms with Crippen molar-refractivity contribution in [1.82, 2.24) is 0 Å². The minimum atomic E-state index is -3.71. The molecule has 0 radical (unpaired) electrons. The normalized spacial score (nSPS) is 17.3. The Balaban J connectivity index is 2.33. The van der Waals surface area contributed by atoms with E-state index in [0.717, 1.165) is 12.8 Å². The van der Waals surface area contributed by atoms with Gasteiger partial charge < -0.3 is 5.32 Å². The van der Waals surface area contributed by atoms with Crippen LogP contribution < -0.4 is 10.5 Å². The Bertz CT molecular complexity index is 510. The van der Waals surface area contributed by atoms with Crippen LogP contribution in [0.2, 0.25) is 5.02 Å². The van der Waals surface area contributed by atoms with Gasteiger partial charge in [-0.2, -0.15) is 0 Å². The Hall–Kier alpha value is -0.780. The van der Waals surface area contributed by atoms with Crippen molar-refractivity contribution in [1.29, 1.82) is 0 Å². The second-order valence-electron chi connectivity index (χ2n) is 4.31. The average Bonchev–Trinajstić information content (AvgIpc) is 2.68. The second-order valence-corrected chi connectivity index (χ2v) is 6.28. The molecule has 2 rings (SSSR count). The van der Waals surface area contributed by atoms with Crippen molar-refractivity contribution in [3.8, 4) is 0 Å². The molecule has 0 spiro atoms. The monoisotopic (exact) mass is 274 g/mol. The summed E-state index contributed by atoms with van der Waals surface area (Å²) in [5.41, 5.74) is 0.506. The maximum absolute atomic E-state index is 11.4. The quantitative estimate of drug-likeness (QED) is 0.889. The molecule has 0 amide bonds. The highest BCUT2D eigenvalue weighted by atomic mass is 35.5. The summed E-state index contributed by atoms with van der Waals surface area (Å²) in [5, 5.41) is 8.88. The molecule has 1 aliphatic carbocycles. The zero-order valence-corrected chi connectivity index (χ0v) is 10.9. The molecule has 0 unspecified atom stereocenters. The van der Waals surface area contributed by atoms with E-state index in [1.165, 1.54) is 25.0 Å². The number of hydrogen-bond acceptors (Lipinski definition) is 3. The van der Waals surface area contributed by atoms with Gasteiger partial charge in [-0.05, 0) is 31.0 Å². The summed E-state index contributed by atoms with van der Waals surface area (Å²) in [6.45, 7) is 0. The number of nitrogens with two attached hydrogens (primary N) is 1. The fourth-order valence-corrected chi connectivity index (χ4v) is 3.01. The smallest absolute Gasteiger partial charge is 0.240 e. The highest BCUT2D eigenvalue weighted by Crippen LogP contribution is 2.28. The molecule has 1 saturated carbocycles. The van der Waals surface area contributed by atoms with E-state index >= 15 is 0 Å². The molecule has 0 saturated heterocycles. The highest BCUT2D eigenvalue weighted by molar-refractivity contribution is 7.89. The van der Waals surface area contributed by atoms with Gasteiger partial charge in [-0.25, -0.2) is 13.6 Å². The van der Waals surface area contributed by atoms with Gasteiger partial charge in [-0.1, -0.05) is 24.4 Å². The molecule has 1 fully saturated rings. The number of sulfonamides is 1. The molecule has 0 bridgehead atoms. The standard InChI is InChI=1S/C11H15ClN2O2S/c12-8-5-6-11(17(13,15)16)10(7-8)14-9-3-1-2-4-9/h5-7,9,14H,1-4H2,(H2,13,15,16). The van der Waals surface area contributed by atoms with Crippen molar-refractivity contribution in [2.24, 2.45) is 5.14 Å². The zero-order chi connectivity index (χ0) is 12.5. The number of hydrogen-bond donors (Lipinski definition) is 2. The lowest BCUT2D eigenvalue weighted by atomic mass is 10.2. The maximum atomic E-state index is 11.4. The fraction of sp³-hybridized carbons (Fsp3) is 0.455. The molecule has 0 aromatic heterocycles. The van der Waals surface area contributed by atoms with Crippen molar-refractivity contribution in [3.05, 3.63) is 23.2 Å². The van der Waals surface area contributed by atoms with Gasteiger partial charge in [0.15, 0.2) is 0 Å². The van der Waals surface area contributed by atoms with E-state index in [-0.39, 0.29) is 4.90 Å². The summed E-state index contributed by atoms with van der Waals surface area (Å²) in [6.07, 6.45) is 4.44. The van der Waals surface area contributed by atoms with E-state index < -0.39 is 10.0 Å². The minimum Gasteiger partial charge on any atom is -0.381 e. The molecule has 94 valence electrons. The Morgan fingerprint density at radius 1 is 1.29 bits per heavy atom.